The Hall–Kier alpha value is -2.25. The Morgan fingerprint density at radius 2 is 1.78 bits per heavy atom. The van der Waals surface area contributed by atoms with Gasteiger partial charge in [-0.15, -0.1) is 0 Å². The van der Waals surface area contributed by atoms with Gasteiger partial charge in [-0.05, 0) is 69.3 Å². The highest BCUT2D eigenvalue weighted by molar-refractivity contribution is 7.92. The summed E-state index contributed by atoms with van der Waals surface area (Å²) in [6.07, 6.45) is 0.0401. The van der Waals surface area contributed by atoms with Crippen molar-refractivity contribution in [2.75, 3.05) is 29.4 Å². The van der Waals surface area contributed by atoms with Crippen LogP contribution in [-0.4, -0.2) is 40.3 Å². The van der Waals surface area contributed by atoms with Crippen molar-refractivity contribution in [1.29, 1.82) is 0 Å². The Kier molecular flexibility index (Phi) is 5.92. The molecule has 6 nitrogen and oxygen atoms in total. The summed E-state index contributed by atoms with van der Waals surface area (Å²) in [6.45, 7) is 8.20. The molecule has 1 fully saturated rings. The fourth-order valence-electron chi connectivity index (χ4n) is 3.02. The minimum absolute atomic E-state index is 0.0401. The van der Waals surface area contributed by atoms with Gasteiger partial charge in [0.1, 0.15) is 5.75 Å². The van der Waals surface area contributed by atoms with Gasteiger partial charge in [-0.3, -0.25) is 4.72 Å². The molecular formula is C20H26N2O4S. The SMILES string of the molecule is CC(C)Oc1ccc(S(=O)(=O)Nc2ccc(N3CCOCC3C)cc2)cc1. The Balaban J connectivity index is 1.70. The van der Waals surface area contributed by atoms with Gasteiger partial charge in [0, 0.05) is 24.0 Å². The third kappa shape index (κ3) is 4.93. The molecule has 1 heterocycles. The number of nitrogens with zero attached hydrogens (tertiary/aromatic N) is 1. The minimum Gasteiger partial charge on any atom is -0.491 e. The van der Waals surface area contributed by atoms with Crippen LogP contribution in [0.15, 0.2) is 53.4 Å². The molecule has 0 spiro atoms. The largest absolute Gasteiger partial charge is 0.491 e. The van der Waals surface area contributed by atoms with Gasteiger partial charge in [0.15, 0.2) is 0 Å². The van der Waals surface area contributed by atoms with Crippen LogP contribution in [0, 0.1) is 0 Å². The van der Waals surface area contributed by atoms with Crippen molar-refractivity contribution in [1.82, 2.24) is 0 Å². The van der Waals surface area contributed by atoms with E-state index in [1.807, 2.05) is 26.0 Å². The van der Waals surface area contributed by atoms with Crippen LogP contribution >= 0.6 is 0 Å². The molecule has 1 aliphatic rings. The summed E-state index contributed by atoms with van der Waals surface area (Å²) in [5, 5.41) is 0. The maximum Gasteiger partial charge on any atom is 0.261 e. The van der Waals surface area contributed by atoms with Gasteiger partial charge >= 0.3 is 0 Å². The highest BCUT2D eigenvalue weighted by atomic mass is 32.2. The molecule has 3 rings (SSSR count). The fraction of sp³-hybridized carbons (Fsp3) is 0.400. The Morgan fingerprint density at radius 3 is 2.37 bits per heavy atom. The Morgan fingerprint density at radius 1 is 1.11 bits per heavy atom. The molecule has 146 valence electrons. The molecule has 0 saturated carbocycles. The van der Waals surface area contributed by atoms with Crippen LogP contribution in [0.5, 0.6) is 5.75 Å². The van der Waals surface area contributed by atoms with Crippen LogP contribution in [0.4, 0.5) is 11.4 Å². The predicted octanol–water partition coefficient (Wildman–Crippen LogP) is 3.50. The van der Waals surface area contributed by atoms with Crippen molar-refractivity contribution in [2.45, 2.75) is 37.8 Å². The van der Waals surface area contributed by atoms with Crippen LogP contribution in [0.3, 0.4) is 0 Å². The zero-order chi connectivity index (χ0) is 19.4. The van der Waals surface area contributed by atoms with Crippen molar-refractivity contribution < 1.29 is 17.9 Å². The second-order valence-electron chi connectivity index (χ2n) is 6.91. The Bertz CT molecular complexity index is 849. The van der Waals surface area contributed by atoms with Crippen molar-refractivity contribution in [3.63, 3.8) is 0 Å². The number of benzene rings is 2. The van der Waals surface area contributed by atoms with E-state index in [-0.39, 0.29) is 11.0 Å². The molecule has 0 bridgehead atoms. The zero-order valence-corrected chi connectivity index (χ0v) is 16.7. The summed E-state index contributed by atoms with van der Waals surface area (Å²) >= 11 is 0. The second kappa shape index (κ2) is 8.19. The first-order valence-electron chi connectivity index (χ1n) is 9.09. The molecule has 27 heavy (non-hydrogen) atoms. The molecule has 2 aromatic carbocycles. The van der Waals surface area contributed by atoms with Gasteiger partial charge in [0.2, 0.25) is 0 Å². The number of rotatable bonds is 6. The number of ether oxygens (including phenoxy) is 2. The molecular weight excluding hydrogens is 364 g/mol. The molecule has 0 amide bonds. The van der Waals surface area contributed by atoms with Crippen molar-refractivity contribution in [3.8, 4) is 5.75 Å². The molecule has 1 aliphatic heterocycles. The molecule has 2 aromatic rings. The summed E-state index contributed by atoms with van der Waals surface area (Å²) in [6, 6.07) is 14.1. The highest BCUT2D eigenvalue weighted by Gasteiger charge is 2.19. The smallest absolute Gasteiger partial charge is 0.261 e. The predicted molar refractivity (Wildman–Crippen MR) is 107 cm³/mol. The number of nitrogens with one attached hydrogen (secondary N) is 1. The lowest BCUT2D eigenvalue weighted by Crippen LogP contribution is -2.43. The summed E-state index contributed by atoms with van der Waals surface area (Å²) in [7, 11) is -3.65. The van der Waals surface area contributed by atoms with Crippen LogP contribution < -0.4 is 14.4 Å². The summed E-state index contributed by atoms with van der Waals surface area (Å²) in [4.78, 5) is 2.46. The molecule has 1 saturated heterocycles. The third-order valence-electron chi connectivity index (χ3n) is 4.32. The van der Waals surface area contributed by atoms with Gasteiger partial charge < -0.3 is 14.4 Å². The molecule has 1 unspecified atom stereocenters. The van der Waals surface area contributed by atoms with Crippen molar-refractivity contribution in [2.24, 2.45) is 0 Å². The van der Waals surface area contributed by atoms with E-state index < -0.39 is 10.0 Å². The van der Waals surface area contributed by atoms with Gasteiger partial charge in [-0.1, -0.05) is 0 Å². The standard InChI is InChI=1S/C20H26N2O4S/c1-15(2)26-19-8-10-20(11-9-19)27(23,24)21-17-4-6-18(7-5-17)22-12-13-25-14-16(22)3/h4-11,15-16,21H,12-14H2,1-3H3. The lowest BCUT2D eigenvalue weighted by molar-refractivity contribution is 0.0989. The lowest BCUT2D eigenvalue weighted by Gasteiger charge is -2.35. The van der Waals surface area contributed by atoms with Gasteiger partial charge in [0.25, 0.3) is 10.0 Å². The first-order valence-corrected chi connectivity index (χ1v) is 10.6. The monoisotopic (exact) mass is 390 g/mol. The average molecular weight is 391 g/mol. The number of morpholine rings is 1. The van der Waals surface area contributed by atoms with E-state index in [1.54, 1.807) is 36.4 Å². The molecule has 0 radical (unpaired) electrons. The van der Waals surface area contributed by atoms with E-state index in [1.165, 1.54) is 0 Å². The maximum absolute atomic E-state index is 12.6. The van der Waals surface area contributed by atoms with Crippen LogP contribution in [-0.2, 0) is 14.8 Å². The van der Waals surface area contributed by atoms with Gasteiger partial charge in [-0.2, -0.15) is 0 Å². The first kappa shape index (κ1) is 19.5. The van der Waals surface area contributed by atoms with E-state index in [0.717, 1.165) is 12.2 Å². The number of hydrogen-bond donors (Lipinski definition) is 1. The van der Waals surface area contributed by atoms with Crippen LogP contribution in [0.1, 0.15) is 20.8 Å². The highest BCUT2D eigenvalue weighted by Crippen LogP contribution is 2.24. The van der Waals surface area contributed by atoms with E-state index in [4.69, 9.17) is 9.47 Å². The second-order valence-corrected chi connectivity index (χ2v) is 8.59. The van der Waals surface area contributed by atoms with Crippen molar-refractivity contribution in [3.05, 3.63) is 48.5 Å². The lowest BCUT2D eigenvalue weighted by atomic mass is 10.2. The quantitative estimate of drug-likeness (QED) is 0.818. The van der Waals surface area contributed by atoms with Crippen LogP contribution in [0.25, 0.3) is 0 Å². The average Bonchev–Trinajstić information content (AvgIpc) is 2.63. The van der Waals surface area contributed by atoms with E-state index in [9.17, 15) is 8.42 Å². The topological polar surface area (TPSA) is 67.9 Å². The number of sulfonamides is 1. The molecule has 1 atom stereocenters. The minimum atomic E-state index is -3.65. The summed E-state index contributed by atoms with van der Waals surface area (Å²) < 4.78 is 38.8. The van der Waals surface area contributed by atoms with E-state index >= 15 is 0 Å². The summed E-state index contributed by atoms with van der Waals surface area (Å²) in [5.41, 5.74) is 1.59. The van der Waals surface area contributed by atoms with Gasteiger partial charge in [-0.25, -0.2) is 8.42 Å². The third-order valence-corrected chi connectivity index (χ3v) is 5.72. The molecule has 7 heteroatoms. The van der Waals surface area contributed by atoms with Gasteiger partial charge in [0.05, 0.1) is 24.2 Å². The van der Waals surface area contributed by atoms with Crippen molar-refractivity contribution >= 4 is 21.4 Å². The molecule has 0 aromatic heterocycles. The first-order chi connectivity index (χ1) is 12.8. The van der Waals surface area contributed by atoms with E-state index in [2.05, 4.69) is 16.5 Å². The zero-order valence-electron chi connectivity index (χ0n) is 15.9. The normalized spacial score (nSPS) is 17.8. The number of anilines is 2. The van der Waals surface area contributed by atoms with E-state index in [0.29, 0.717) is 30.7 Å². The molecule has 1 N–H and O–H groups in total. The Labute approximate surface area is 161 Å². The molecule has 0 aliphatic carbocycles. The maximum atomic E-state index is 12.6. The fourth-order valence-corrected chi connectivity index (χ4v) is 4.07. The summed E-state index contributed by atoms with van der Waals surface area (Å²) in [5.74, 6) is 0.646. The van der Waals surface area contributed by atoms with Crippen LogP contribution in [0.2, 0.25) is 0 Å². The number of hydrogen-bond acceptors (Lipinski definition) is 5.